The largest absolute Gasteiger partial charge is 0.299 e. The van der Waals surface area contributed by atoms with Crippen molar-refractivity contribution in [3.05, 3.63) is 45.6 Å². The average molecular weight is 327 g/mol. The number of aryl methyl sites for hydroxylation is 1. The van der Waals surface area contributed by atoms with E-state index < -0.39 is 0 Å². The molecule has 1 aliphatic carbocycles. The van der Waals surface area contributed by atoms with Crippen LogP contribution in [0.5, 0.6) is 0 Å². The van der Waals surface area contributed by atoms with E-state index in [1.807, 2.05) is 13.1 Å². The van der Waals surface area contributed by atoms with Gasteiger partial charge in [-0.15, -0.1) is 0 Å². The predicted molar refractivity (Wildman–Crippen MR) is 91.8 cm³/mol. The fourth-order valence-electron chi connectivity index (χ4n) is 3.67. The van der Waals surface area contributed by atoms with Crippen molar-refractivity contribution >= 4 is 0 Å². The Hall–Kier alpha value is -1.95. The summed E-state index contributed by atoms with van der Waals surface area (Å²) in [6, 6.07) is 3.40. The number of nitrogens with zero attached hydrogens (tertiary/aromatic N) is 4. The molecule has 0 amide bonds. The van der Waals surface area contributed by atoms with Crippen molar-refractivity contribution in [1.82, 2.24) is 24.9 Å². The van der Waals surface area contributed by atoms with Crippen LogP contribution in [-0.4, -0.2) is 38.0 Å². The van der Waals surface area contributed by atoms with Gasteiger partial charge >= 0.3 is 0 Å². The first-order valence-electron chi connectivity index (χ1n) is 8.98. The summed E-state index contributed by atoms with van der Waals surface area (Å²) in [4.78, 5) is 14.4. The van der Waals surface area contributed by atoms with Gasteiger partial charge in [0, 0.05) is 36.3 Å². The van der Waals surface area contributed by atoms with E-state index in [4.69, 9.17) is 0 Å². The molecule has 0 bridgehead atoms. The number of nitrogens with one attached hydrogen (secondary N) is 1. The molecular formula is C18H25N5O. The topological polar surface area (TPSA) is 66.8 Å². The molecule has 0 spiro atoms. The zero-order valence-electron chi connectivity index (χ0n) is 14.2. The molecule has 0 radical (unpaired) electrons. The maximum absolute atomic E-state index is 11.9. The number of hydrogen-bond acceptors (Lipinski definition) is 4. The maximum Gasteiger partial charge on any atom is 0.266 e. The van der Waals surface area contributed by atoms with Gasteiger partial charge in [0.25, 0.3) is 5.56 Å². The summed E-state index contributed by atoms with van der Waals surface area (Å²) in [5.41, 5.74) is 3.63. The van der Waals surface area contributed by atoms with Gasteiger partial charge in [-0.05, 0) is 57.7 Å². The Morgan fingerprint density at radius 1 is 1.21 bits per heavy atom. The summed E-state index contributed by atoms with van der Waals surface area (Å²) in [6.45, 7) is 5.84. The molecule has 1 N–H and O–H groups in total. The van der Waals surface area contributed by atoms with Gasteiger partial charge < -0.3 is 0 Å². The van der Waals surface area contributed by atoms with E-state index in [0.29, 0.717) is 5.92 Å². The van der Waals surface area contributed by atoms with Gasteiger partial charge in [0.15, 0.2) is 0 Å². The van der Waals surface area contributed by atoms with Crippen LogP contribution in [0.15, 0.2) is 23.1 Å². The Kier molecular flexibility index (Phi) is 4.22. The Labute approximate surface area is 141 Å². The van der Waals surface area contributed by atoms with Crippen molar-refractivity contribution in [3.8, 4) is 0 Å². The number of H-pyrrole nitrogens is 1. The second-order valence-corrected chi connectivity index (χ2v) is 7.30. The van der Waals surface area contributed by atoms with E-state index in [-0.39, 0.29) is 5.56 Å². The van der Waals surface area contributed by atoms with Crippen LogP contribution in [0, 0.1) is 12.8 Å². The SMILES string of the molecule is Cc1ccc(=O)n(CC2CCN(Cc3cn[nH]c3C3CC3)CC2)n1. The summed E-state index contributed by atoms with van der Waals surface area (Å²) in [5, 5.41) is 11.8. The summed E-state index contributed by atoms with van der Waals surface area (Å²) in [5.74, 6) is 1.26. The third-order valence-corrected chi connectivity index (χ3v) is 5.27. The number of aromatic amines is 1. The quantitative estimate of drug-likeness (QED) is 0.913. The van der Waals surface area contributed by atoms with E-state index in [0.717, 1.165) is 50.6 Å². The van der Waals surface area contributed by atoms with Crippen LogP contribution < -0.4 is 5.56 Å². The first kappa shape index (κ1) is 15.6. The molecule has 2 aromatic heterocycles. The number of aromatic nitrogens is 4. The lowest BCUT2D eigenvalue weighted by atomic mass is 9.96. The Balaban J connectivity index is 1.32. The maximum atomic E-state index is 11.9. The van der Waals surface area contributed by atoms with Crippen molar-refractivity contribution in [2.75, 3.05) is 13.1 Å². The molecule has 2 fully saturated rings. The number of likely N-dealkylation sites (tertiary alicyclic amines) is 1. The van der Waals surface area contributed by atoms with E-state index in [2.05, 4.69) is 20.2 Å². The normalized spacial score (nSPS) is 19.7. The van der Waals surface area contributed by atoms with Gasteiger partial charge in [0.2, 0.25) is 0 Å². The van der Waals surface area contributed by atoms with Crippen molar-refractivity contribution in [1.29, 1.82) is 0 Å². The van der Waals surface area contributed by atoms with Gasteiger partial charge in [-0.1, -0.05) is 0 Å². The highest BCUT2D eigenvalue weighted by molar-refractivity contribution is 5.24. The minimum absolute atomic E-state index is 0.00972. The molecule has 2 aliphatic rings. The van der Waals surface area contributed by atoms with Crippen LogP contribution in [-0.2, 0) is 13.1 Å². The molecule has 6 heteroatoms. The summed E-state index contributed by atoms with van der Waals surface area (Å²) < 4.78 is 1.64. The lowest BCUT2D eigenvalue weighted by Crippen LogP contribution is -2.36. The minimum atomic E-state index is 0.00972. The second-order valence-electron chi connectivity index (χ2n) is 7.30. The molecular weight excluding hydrogens is 302 g/mol. The molecule has 2 aromatic rings. The standard InChI is InChI=1S/C18H25N5O/c1-13-2-5-17(24)23(21-13)11-14-6-8-22(9-7-14)12-16-10-19-20-18(16)15-3-4-15/h2,5,10,14-15H,3-4,6-9,11-12H2,1H3,(H,19,20). The third kappa shape index (κ3) is 3.43. The summed E-state index contributed by atoms with van der Waals surface area (Å²) in [7, 11) is 0. The van der Waals surface area contributed by atoms with Gasteiger partial charge in [0.1, 0.15) is 0 Å². The molecule has 6 nitrogen and oxygen atoms in total. The third-order valence-electron chi connectivity index (χ3n) is 5.27. The van der Waals surface area contributed by atoms with E-state index in [1.165, 1.54) is 24.1 Å². The Bertz CT molecular complexity index is 753. The van der Waals surface area contributed by atoms with Crippen molar-refractivity contribution in [2.45, 2.75) is 51.6 Å². The highest BCUT2D eigenvalue weighted by Crippen LogP contribution is 2.40. The fraction of sp³-hybridized carbons (Fsp3) is 0.611. The Morgan fingerprint density at radius 2 is 2.00 bits per heavy atom. The van der Waals surface area contributed by atoms with Gasteiger partial charge in [-0.2, -0.15) is 10.2 Å². The van der Waals surface area contributed by atoms with Crippen molar-refractivity contribution < 1.29 is 0 Å². The van der Waals surface area contributed by atoms with Crippen LogP contribution in [0.2, 0.25) is 0 Å². The monoisotopic (exact) mass is 327 g/mol. The molecule has 128 valence electrons. The van der Waals surface area contributed by atoms with E-state index >= 15 is 0 Å². The molecule has 0 atom stereocenters. The van der Waals surface area contributed by atoms with Gasteiger partial charge in [-0.25, -0.2) is 4.68 Å². The number of piperidine rings is 1. The molecule has 0 aromatic carbocycles. The molecule has 1 aliphatic heterocycles. The van der Waals surface area contributed by atoms with Crippen LogP contribution in [0.3, 0.4) is 0 Å². The zero-order chi connectivity index (χ0) is 16.5. The van der Waals surface area contributed by atoms with Crippen LogP contribution in [0.4, 0.5) is 0 Å². The van der Waals surface area contributed by atoms with E-state index in [9.17, 15) is 4.79 Å². The smallest absolute Gasteiger partial charge is 0.266 e. The molecule has 1 saturated carbocycles. The van der Waals surface area contributed by atoms with Gasteiger partial charge in [0.05, 0.1) is 11.9 Å². The fourth-order valence-corrected chi connectivity index (χ4v) is 3.67. The Morgan fingerprint density at radius 3 is 2.75 bits per heavy atom. The highest BCUT2D eigenvalue weighted by atomic mass is 16.1. The lowest BCUT2D eigenvalue weighted by molar-refractivity contribution is 0.163. The molecule has 3 heterocycles. The first-order chi connectivity index (χ1) is 11.7. The number of hydrogen-bond donors (Lipinski definition) is 1. The molecule has 24 heavy (non-hydrogen) atoms. The van der Waals surface area contributed by atoms with Gasteiger partial charge in [-0.3, -0.25) is 14.8 Å². The number of rotatable bonds is 5. The molecule has 0 unspecified atom stereocenters. The van der Waals surface area contributed by atoms with Crippen molar-refractivity contribution in [3.63, 3.8) is 0 Å². The predicted octanol–water partition coefficient (Wildman–Crippen LogP) is 2.06. The summed E-state index contributed by atoms with van der Waals surface area (Å²) in [6.07, 6.45) is 6.85. The van der Waals surface area contributed by atoms with Crippen LogP contribution in [0.1, 0.15) is 48.6 Å². The lowest BCUT2D eigenvalue weighted by Gasteiger charge is -2.31. The first-order valence-corrected chi connectivity index (χ1v) is 8.98. The molecule has 1 saturated heterocycles. The van der Waals surface area contributed by atoms with Crippen LogP contribution in [0.25, 0.3) is 0 Å². The van der Waals surface area contributed by atoms with E-state index in [1.54, 1.807) is 16.8 Å². The molecule has 4 rings (SSSR count). The zero-order valence-corrected chi connectivity index (χ0v) is 14.2. The average Bonchev–Trinajstić information content (AvgIpc) is 3.32. The minimum Gasteiger partial charge on any atom is -0.299 e. The summed E-state index contributed by atoms with van der Waals surface area (Å²) >= 11 is 0. The van der Waals surface area contributed by atoms with Crippen LogP contribution >= 0.6 is 0 Å². The highest BCUT2D eigenvalue weighted by Gasteiger charge is 2.29. The second kappa shape index (κ2) is 6.51. The van der Waals surface area contributed by atoms with Crippen molar-refractivity contribution in [2.24, 2.45) is 5.92 Å².